The SMILES string of the molecule is O=C1CCc2cc(-c3csc(NC[C@@H]4CCCO4)n3)c(F)cc2N1. The van der Waals surface area contributed by atoms with E-state index in [1.165, 1.54) is 17.4 Å². The number of nitrogens with zero attached hydrogens (tertiary/aromatic N) is 1. The minimum atomic E-state index is -0.369. The average Bonchev–Trinajstić information content (AvgIpc) is 3.24. The molecule has 1 aromatic heterocycles. The molecule has 1 aromatic carbocycles. The lowest BCUT2D eigenvalue weighted by molar-refractivity contribution is -0.116. The Morgan fingerprint density at radius 3 is 3.17 bits per heavy atom. The van der Waals surface area contributed by atoms with E-state index in [-0.39, 0.29) is 17.8 Å². The van der Waals surface area contributed by atoms with E-state index >= 15 is 0 Å². The van der Waals surface area contributed by atoms with E-state index in [2.05, 4.69) is 15.6 Å². The van der Waals surface area contributed by atoms with E-state index in [9.17, 15) is 9.18 Å². The number of rotatable bonds is 4. The molecule has 0 aliphatic carbocycles. The van der Waals surface area contributed by atoms with Crippen LogP contribution in [0.5, 0.6) is 0 Å². The first kappa shape index (κ1) is 15.5. The molecular formula is C17H18FN3O2S. The van der Waals surface area contributed by atoms with Crippen molar-refractivity contribution in [3.05, 3.63) is 28.9 Å². The summed E-state index contributed by atoms with van der Waals surface area (Å²) in [7, 11) is 0. The van der Waals surface area contributed by atoms with Crippen molar-refractivity contribution >= 4 is 28.1 Å². The van der Waals surface area contributed by atoms with E-state index in [1.807, 2.05) is 5.38 Å². The number of thiazole rings is 1. The van der Waals surface area contributed by atoms with Crippen LogP contribution in [0.2, 0.25) is 0 Å². The summed E-state index contributed by atoms with van der Waals surface area (Å²) in [6.07, 6.45) is 3.47. The van der Waals surface area contributed by atoms with Gasteiger partial charge in [0.05, 0.1) is 11.8 Å². The number of amides is 1. The molecule has 2 N–H and O–H groups in total. The Hall–Kier alpha value is -1.99. The lowest BCUT2D eigenvalue weighted by Crippen LogP contribution is -2.19. The number of halogens is 1. The molecule has 2 aliphatic rings. The van der Waals surface area contributed by atoms with Gasteiger partial charge < -0.3 is 15.4 Å². The average molecular weight is 347 g/mol. The number of aromatic nitrogens is 1. The zero-order valence-electron chi connectivity index (χ0n) is 13.1. The predicted octanol–water partition coefficient (Wildman–Crippen LogP) is 3.42. The van der Waals surface area contributed by atoms with Crippen LogP contribution in [-0.4, -0.2) is 30.1 Å². The summed E-state index contributed by atoms with van der Waals surface area (Å²) >= 11 is 1.46. The second-order valence-corrected chi connectivity index (χ2v) is 6.95. The molecule has 4 rings (SSSR count). The topological polar surface area (TPSA) is 63.2 Å². The van der Waals surface area contributed by atoms with Gasteiger partial charge in [-0.2, -0.15) is 0 Å². The largest absolute Gasteiger partial charge is 0.376 e. The second-order valence-electron chi connectivity index (χ2n) is 6.09. The van der Waals surface area contributed by atoms with Gasteiger partial charge in [-0.3, -0.25) is 4.79 Å². The Labute approximate surface area is 143 Å². The fraction of sp³-hybridized carbons (Fsp3) is 0.412. The Bertz CT molecular complexity index is 771. The summed E-state index contributed by atoms with van der Waals surface area (Å²) in [5.41, 5.74) is 2.62. The smallest absolute Gasteiger partial charge is 0.224 e. The number of aryl methyl sites for hydroxylation is 1. The molecule has 1 amide bonds. The molecule has 1 saturated heterocycles. The van der Waals surface area contributed by atoms with Crippen LogP contribution in [-0.2, 0) is 16.0 Å². The molecule has 0 unspecified atom stereocenters. The van der Waals surface area contributed by atoms with Crippen molar-refractivity contribution in [1.29, 1.82) is 0 Å². The van der Waals surface area contributed by atoms with Crippen LogP contribution < -0.4 is 10.6 Å². The number of anilines is 2. The van der Waals surface area contributed by atoms with Gasteiger partial charge in [0.15, 0.2) is 5.13 Å². The summed E-state index contributed by atoms with van der Waals surface area (Å²) < 4.78 is 20.0. The number of ether oxygens (including phenoxy) is 1. The highest BCUT2D eigenvalue weighted by Gasteiger charge is 2.20. The summed E-state index contributed by atoms with van der Waals surface area (Å²) in [5, 5.41) is 8.60. The molecule has 2 aliphatic heterocycles. The zero-order chi connectivity index (χ0) is 16.5. The normalized spacial score (nSPS) is 19.9. The van der Waals surface area contributed by atoms with E-state index in [4.69, 9.17) is 4.74 Å². The number of benzene rings is 1. The second kappa shape index (κ2) is 6.49. The highest BCUT2D eigenvalue weighted by molar-refractivity contribution is 7.14. The van der Waals surface area contributed by atoms with Gasteiger partial charge in [-0.1, -0.05) is 0 Å². The lowest BCUT2D eigenvalue weighted by atomic mass is 9.99. The number of hydrogen-bond donors (Lipinski definition) is 2. The maximum atomic E-state index is 14.4. The van der Waals surface area contributed by atoms with Crippen LogP contribution in [0.3, 0.4) is 0 Å². The molecule has 2 aromatic rings. The van der Waals surface area contributed by atoms with Crippen LogP contribution >= 0.6 is 11.3 Å². The number of fused-ring (bicyclic) bond motifs is 1. The standard InChI is InChI=1S/C17H18FN3O2S/c18-13-7-14-10(3-4-16(22)20-14)6-12(13)15-9-24-17(21-15)19-8-11-2-1-5-23-11/h6-7,9,11H,1-5,8H2,(H,19,21)(H,20,22)/t11-/m0/s1. The summed E-state index contributed by atoms with van der Waals surface area (Å²) in [6, 6.07) is 3.18. The molecule has 3 heterocycles. The zero-order valence-corrected chi connectivity index (χ0v) is 13.9. The van der Waals surface area contributed by atoms with Gasteiger partial charge >= 0.3 is 0 Å². The van der Waals surface area contributed by atoms with Crippen LogP contribution in [0.25, 0.3) is 11.3 Å². The fourth-order valence-electron chi connectivity index (χ4n) is 3.08. The molecule has 0 radical (unpaired) electrons. The van der Waals surface area contributed by atoms with Crippen LogP contribution in [0.15, 0.2) is 17.5 Å². The Kier molecular flexibility index (Phi) is 4.20. The molecule has 0 spiro atoms. The first-order chi connectivity index (χ1) is 11.7. The van der Waals surface area contributed by atoms with Gasteiger partial charge in [0.1, 0.15) is 5.82 Å². The van der Waals surface area contributed by atoms with E-state index < -0.39 is 0 Å². The molecule has 5 nitrogen and oxygen atoms in total. The van der Waals surface area contributed by atoms with Crippen molar-refractivity contribution in [3.63, 3.8) is 0 Å². The van der Waals surface area contributed by atoms with Crippen molar-refractivity contribution in [2.75, 3.05) is 23.8 Å². The Morgan fingerprint density at radius 1 is 1.42 bits per heavy atom. The molecule has 7 heteroatoms. The first-order valence-corrected chi connectivity index (χ1v) is 9.00. The lowest BCUT2D eigenvalue weighted by Gasteiger charge is -2.17. The van der Waals surface area contributed by atoms with Gasteiger partial charge in [-0.05, 0) is 37.0 Å². The number of carbonyl (C=O) groups excluding carboxylic acids is 1. The van der Waals surface area contributed by atoms with Crippen LogP contribution in [0, 0.1) is 5.82 Å². The molecule has 0 bridgehead atoms. The van der Waals surface area contributed by atoms with Crippen molar-refractivity contribution < 1.29 is 13.9 Å². The summed E-state index contributed by atoms with van der Waals surface area (Å²) in [6.45, 7) is 1.55. The third-order valence-electron chi connectivity index (χ3n) is 4.37. The van der Waals surface area contributed by atoms with Crippen molar-refractivity contribution in [1.82, 2.24) is 4.98 Å². The van der Waals surface area contributed by atoms with Gasteiger partial charge in [-0.25, -0.2) is 9.37 Å². The van der Waals surface area contributed by atoms with Crippen molar-refractivity contribution in [2.45, 2.75) is 31.8 Å². The third kappa shape index (κ3) is 3.14. The van der Waals surface area contributed by atoms with Crippen LogP contribution in [0.4, 0.5) is 15.2 Å². The van der Waals surface area contributed by atoms with Crippen LogP contribution in [0.1, 0.15) is 24.8 Å². The third-order valence-corrected chi connectivity index (χ3v) is 5.17. The summed E-state index contributed by atoms with van der Waals surface area (Å²) in [5.74, 6) is -0.434. The summed E-state index contributed by atoms with van der Waals surface area (Å²) in [4.78, 5) is 15.9. The van der Waals surface area contributed by atoms with E-state index in [1.54, 1.807) is 6.07 Å². The van der Waals surface area contributed by atoms with Gasteiger partial charge in [0.25, 0.3) is 0 Å². The number of carbonyl (C=O) groups is 1. The minimum Gasteiger partial charge on any atom is -0.376 e. The van der Waals surface area contributed by atoms with E-state index in [0.29, 0.717) is 29.8 Å². The minimum absolute atomic E-state index is 0.0658. The monoisotopic (exact) mass is 347 g/mol. The first-order valence-electron chi connectivity index (χ1n) is 8.13. The van der Waals surface area contributed by atoms with Crippen molar-refractivity contribution in [2.24, 2.45) is 0 Å². The predicted molar refractivity (Wildman–Crippen MR) is 91.9 cm³/mol. The van der Waals surface area contributed by atoms with E-state index in [0.717, 1.165) is 36.7 Å². The molecule has 1 atom stereocenters. The van der Waals surface area contributed by atoms with Crippen molar-refractivity contribution in [3.8, 4) is 11.3 Å². The van der Waals surface area contributed by atoms with Gasteiger partial charge in [0.2, 0.25) is 5.91 Å². The molecule has 1 fully saturated rings. The quantitative estimate of drug-likeness (QED) is 0.889. The molecule has 0 saturated carbocycles. The maximum absolute atomic E-state index is 14.4. The molecular weight excluding hydrogens is 329 g/mol. The molecule has 126 valence electrons. The highest BCUT2D eigenvalue weighted by Crippen LogP contribution is 2.33. The molecule has 24 heavy (non-hydrogen) atoms. The number of nitrogens with one attached hydrogen (secondary N) is 2. The Morgan fingerprint density at radius 2 is 2.33 bits per heavy atom. The fourth-order valence-corrected chi connectivity index (χ4v) is 3.80. The Balaban J connectivity index is 1.52. The maximum Gasteiger partial charge on any atom is 0.224 e. The van der Waals surface area contributed by atoms with Gasteiger partial charge in [-0.15, -0.1) is 11.3 Å². The van der Waals surface area contributed by atoms with Gasteiger partial charge in [0, 0.05) is 36.2 Å². The number of hydrogen-bond acceptors (Lipinski definition) is 5. The highest BCUT2D eigenvalue weighted by atomic mass is 32.1.